The fraction of sp³-hybridized carbons (Fsp3) is 0.517. The Kier molecular flexibility index (Phi) is 15.6. The number of nitrogens with zero attached hydrogens (tertiary/aromatic N) is 2. The predicted molar refractivity (Wildman–Crippen MR) is 279 cm³/mol. The molecule has 2 heterocycles. The van der Waals surface area contributed by atoms with E-state index >= 15 is 0 Å². The molecule has 0 spiro atoms. The third-order valence-corrected chi connectivity index (χ3v) is 14.5. The van der Waals surface area contributed by atoms with E-state index in [1.165, 1.54) is 108 Å². The highest BCUT2D eigenvalue weighted by molar-refractivity contribution is 6.38. The Labute approximate surface area is 399 Å². The molecule has 5 aromatic rings. The number of benzene rings is 5. The lowest BCUT2D eigenvalue weighted by molar-refractivity contribution is -0.156. The maximum atomic E-state index is 13.4. The number of fused-ring (bicyclic) bond motifs is 2. The average Bonchev–Trinajstić information content (AvgIpc) is 3.25. The Balaban J connectivity index is 1.26. The number of esters is 2. The molecule has 7 rings (SSSR count). The summed E-state index contributed by atoms with van der Waals surface area (Å²) in [5.41, 5.74) is 7.89. The highest BCUT2D eigenvalue weighted by Gasteiger charge is 2.32. The number of carbonyl (C=O) groups excluding carboxylic acids is 2. The molecule has 350 valence electrons. The standard InChI is InChI=1S/C58H78B2N2O4/c1-55(2,3)65-53(63)29-33-61(35-41-19-11-13-21-43(41)51-27-31-57(7,8)39-59-51)37-49-45-23-15-17-25-47(45)50(48-26-18-16-24-46(48)49)38-62(34-30-54(64)66-56(4,5)6)36-42-20-12-14-22-44(42)52-28-32-58(9,10)40-60-52/h11-26,51-52,59-60H,27-40H2,1-10H3. The number of ether oxygens (including phenoxy) is 2. The summed E-state index contributed by atoms with van der Waals surface area (Å²) in [4.78, 5) is 31.7. The third-order valence-electron chi connectivity index (χ3n) is 14.5. The minimum atomic E-state index is -0.540. The lowest BCUT2D eigenvalue weighted by Gasteiger charge is -2.35. The van der Waals surface area contributed by atoms with Crippen molar-refractivity contribution < 1.29 is 19.1 Å². The zero-order valence-corrected chi connectivity index (χ0v) is 42.2. The lowest BCUT2D eigenvalue weighted by Crippen LogP contribution is -2.31. The maximum Gasteiger partial charge on any atom is 0.307 e. The van der Waals surface area contributed by atoms with Crippen molar-refractivity contribution in [1.82, 2.24) is 9.80 Å². The molecule has 2 aliphatic rings. The first-order valence-electron chi connectivity index (χ1n) is 25.2. The second kappa shape index (κ2) is 20.9. The highest BCUT2D eigenvalue weighted by Crippen LogP contribution is 2.42. The zero-order valence-electron chi connectivity index (χ0n) is 42.2. The van der Waals surface area contributed by atoms with Gasteiger partial charge in [0.25, 0.3) is 0 Å². The van der Waals surface area contributed by atoms with Crippen LogP contribution in [0.15, 0.2) is 97.1 Å². The number of carbonyl (C=O) groups is 2. The highest BCUT2D eigenvalue weighted by atomic mass is 16.6. The summed E-state index contributed by atoms with van der Waals surface area (Å²) in [6, 6.07) is 35.9. The second-order valence-electron chi connectivity index (χ2n) is 23.4. The van der Waals surface area contributed by atoms with Crippen LogP contribution in [0.3, 0.4) is 0 Å². The van der Waals surface area contributed by atoms with Crippen LogP contribution in [0.25, 0.3) is 21.5 Å². The first-order valence-corrected chi connectivity index (χ1v) is 25.2. The summed E-state index contributed by atoms with van der Waals surface area (Å²) in [5.74, 6) is 0.757. The molecule has 2 aliphatic heterocycles. The van der Waals surface area contributed by atoms with E-state index in [1.54, 1.807) is 0 Å². The van der Waals surface area contributed by atoms with Gasteiger partial charge in [-0.3, -0.25) is 19.4 Å². The molecule has 0 amide bonds. The SMILES string of the molecule is CC1(C)CBC(c2ccccc2CN(CCC(=O)OC(C)(C)C)Cc2c3ccccc3c(CN(CCC(=O)OC(C)(C)C)Cc3ccccc3C3BCC(C)(C)CC3)c3ccccc23)CC1. The molecule has 0 bridgehead atoms. The topological polar surface area (TPSA) is 59.1 Å². The van der Waals surface area contributed by atoms with E-state index in [1.807, 2.05) is 41.5 Å². The van der Waals surface area contributed by atoms with Crippen LogP contribution >= 0.6 is 0 Å². The average molecular weight is 889 g/mol. The van der Waals surface area contributed by atoms with Crippen LogP contribution in [0.5, 0.6) is 0 Å². The van der Waals surface area contributed by atoms with Crippen LogP contribution in [0.1, 0.15) is 153 Å². The predicted octanol–water partition coefficient (Wildman–Crippen LogP) is 12.9. The summed E-state index contributed by atoms with van der Waals surface area (Å²) in [5, 5.41) is 4.92. The molecular weight excluding hydrogens is 810 g/mol. The Morgan fingerprint density at radius 1 is 0.530 bits per heavy atom. The summed E-state index contributed by atoms with van der Waals surface area (Å²) in [6.07, 6.45) is 8.00. The van der Waals surface area contributed by atoms with Gasteiger partial charge in [-0.15, -0.1) is 0 Å². The monoisotopic (exact) mass is 889 g/mol. The molecule has 0 aromatic heterocycles. The van der Waals surface area contributed by atoms with Gasteiger partial charge in [0, 0.05) is 39.3 Å². The molecule has 0 N–H and O–H groups in total. The summed E-state index contributed by atoms with van der Waals surface area (Å²) < 4.78 is 11.7. The van der Waals surface area contributed by atoms with Crippen molar-refractivity contribution in [2.45, 2.75) is 169 Å². The first kappa shape index (κ1) is 49.5. The van der Waals surface area contributed by atoms with Crippen molar-refractivity contribution in [3.8, 4) is 0 Å². The van der Waals surface area contributed by atoms with Crippen molar-refractivity contribution in [3.63, 3.8) is 0 Å². The van der Waals surface area contributed by atoms with Gasteiger partial charge in [-0.1, -0.05) is 150 Å². The van der Waals surface area contributed by atoms with Crippen molar-refractivity contribution in [2.24, 2.45) is 10.8 Å². The van der Waals surface area contributed by atoms with Crippen molar-refractivity contribution in [1.29, 1.82) is 0 Å². The van der Waals surface area contributed by atoms with Gasteiger partial charge in [0.05, 0.1) is 12.8 Å². The molecule has 2 unspecified atom stereocenters. The third kappa shape index (κ3) is 13.4. The lowest BCUT2D eigenvalue weighted by atomic mass is 9.47. The van der Waals surface area contributed by atoms with Gasteiger partial charge < -0.3 is 9.47 Å². The van der Waals surface area contributed by atoms with Gasteiger partial charge in [-0.2, -0.15) is 0 Å². The van der Waals surface area contributed by atoms with E-state index in [4.69, 9.17) is 9.47 Å². The van der Waals surface area contributed by atoms with Crippen LogP contribution in [0, 0.1) is 10.8 Å². The Bertz CT molecular complexity index is 2220. The quantitative estimate of drug-likeness (QED) is 0.0559. The molecule has 0 radical (unpaired) electrons. The van der Waals surface area contributed by atoms with E-state index in [9.17, 15) is 9.59 Å². The Morgan fingerprint density at radius 2 is 0.864 bits per heavy atom. The summed E-state index contributed by atoms with van der Waals surface area (Å²) in [6.45, 7) is 25.3. The maximum absolute atomic E-state index is 13.4. The number of hydrogen-bond acceptors (Lipinski definition) is 6. The molecule has 6 nitrogen and oxygen atoms in total. The van der Waals surface area contributed by atoms with Crippen molar-refractivity contribution in [2.75, 3.05) is 13.1 Å². The van der Waals surface area contributed by atoms with Gasteiger partial charge >= 0.3 is 11.9 Å². The number of hydrogen-bond donors (Lipinski definition) is 0. The van der Waals surface area contributed by atoms with Crippen LogP contribution in [0.2, 0.25) is 12.6 Å². The molecule has 2 atom stereocenters. The first-order chi connectivity index (χ1) is 31.2. The van der Waals surface area contributed by atoms with Gasteiger partial charge in [0.15, 0.2) is 0 Å². The minimum absolute atomic E-state index is 0.166. The largest absolute Gasteiger partial charge is 0.460 e. The van der Waals surface area contributed by atoms with E-state index in [0.717, 1.165) is 13.1 Å². The van der Waals surface area contributed by atoms with Crippen LogP contribution < -0.4 is 0 Å². The zero-order chi connectivity index (χ0) is 47.3. The van der Waals surface area contributed by atoms with Gasteiger partial charge in [0.2, 0.25) is 0 Å². The second-order valence-corrected chi connectivity index (χ2v) is 23.4. The van der Waals surface area contributed by atoms with Crippen LogP contribution in [-0.2, 0) is 45.2 Å². The Hall–Kier alpha value is -4.39. The molecule has 5 aromatic carbocycles. The van der Waals surface area contributed by atoms with E-state index in [2.05, 4.69) is 135 Å². The van der Waals surface area contributed by atoms with Gasteiger partial charge in [0.1, 0.15) is 25.8 Å². The minimum Gasteiger partial charge on any atom is -0.460 e. The molecule has 0 aliphatic carbocycles. The van der Waals surface area contributed by atoms with E-state index < -0.39 is 11.2 Å². The normalized spacial score (nSPS) is 18.5. The smallest absolute Gasteiger partial charge is 0.307 e. The summed E-state index contributed by atoms with van der Waals surface area (Å²) in [7, 11) is 2.41. The van der Waals surface area contributed by atoms with Gasteiger partial charge in [-0.05, 0) is 132 Å². The summed E-state index contributed by atoms with van der Waals surface area (Å²) >= 11 is 0. The van der Waals surface area contributed by atoms with Gasteiger partial charge in [-0.25, -0.2) is 0 Å². The Morgan fingerprint density at radius 3 is 1.18 bits per heavy atom. The van der Waals surface area contributed by atoms with Crippen molar-refractivity contribution in [3.05, 3.63) is 130 Å². The van der Waals surface area contributed by atoms with E-state index in [0.29, 0.717) is 61.5 Å². The molecule has 2 fully saturated rings. The van der Waals surface area contributed by atoms with E-state index in [-0.39, 0.29) is 11.9 Å². The van der Waals surface area contributed by atoms with Crippen molar-refractivity contribution >= 4 is 48.0 Å². The molecule has 8 heteroatoms. The molecule has 2 saturated heterocycles. The molecular formula is C58H78B2N2O4. The number of rotatable bonds is 16. The fourth-order valence-corrected chi connectivity index (χ4v) is 10.9. The molecule has 0 saturated carbocycles. The fourth-order valence-electron chi connectivity index (χ4n) is 10.9. The van der Waals surface area contributed by atoms with Crippen LogP contribution in [-0.4, -0.2) is 60.6 Å². The molecule has 66 heavy (non-hydrogen) atoms. The van der Waals surface area contributed by atoms with Crippen LogP contribution in [0.4, 0.5) is 0 Å².